The second-order valence-corrected chi connectivity index (χ2v) is 6.65. The van der Waals surface area contributed by atoms with E-state index >= 15 is 0 Å². The fraction of sp³-hybridized carbons (Fsp3) is 0.588. The average Bonchev–Trinajstić information content (AvgIpc) is 2.44. The molecule has 2 unspecified atom stereocenters. The van der Waals surface area contributed by atoms with E-state index < -0.39 is 0 Å². The molecule has 1 aliphatic rings. The van der Waals surface area contributed by atoms with E-state index in [1.165, 1.54) is 11.1 Å². The number of carbonyl (C=O) groups is 1. The third-order valence-corrected chi connectivity index (χ3v) is 4.55. The molecular formula is C17H27ClN2O. The van der Waals surface area contributed by atoms with Gasteiger partial charge in [0.1, 0.15) is 0 Å². The van der Waals surface area contributed by atoms with Crippen LogP contribution in [0.15, 0.2) is 24.3 Å². The Labute approximate surface area is 134 Å². The first-order valence-corrected chi connectivity index (χ1v) is 7.49. The Morgan fingerprint density at radius 1 is 1.38 bits per heavy atom. The Balaban J connectivity index is 0.00000220. The van der Waals surface area contributed by atoms with Crippen molar-refractivity contribution in [1.82, 2.24) is 4.90 Å². The lowest BCUT2D eigenvalue weighted by atomic mass is 9.78. The summed E-state index contributed by atoms with van der Waals surface area (Å²) in [4.78, 5) is 14.5. The summed E-state index contributed by atoms with van der Waals surface area (Å²) in [5.74, 6) is 0.310. The van der Waals surface area contributed by atoms with Crippen molar-refractivity contribution < 1.29 is 4.79 Å². The fourth-order valence-electron chi connectivity index (χ4n) is 3.01. The van der Waals surface area contributed by atoms with Gasteiger partial charge in [0.05, 0.1) is 6.04 Å². The highest BCUT2D eigenvalue weighted by molar-refractivity contribution is 5.85. The van der Waals surface area contributed by atoms with Crippen LogP contribution in [0.4, 0.5) is 0 Å². The highest BCUT2D eigenvalue weighted by Crippen LogP contribution is 2.33. The van der Waals surface area contributed by atoms with Crippen LogP contribution in [0, 0.1) is 5.92 Å². The molecule has 0 fully saturated rings. The summed E-state index contributed by atoms with van der Waals surface area (Å²) < 4.78 is 0. The number of hydrogen-bond acceptors (Lipinski definition) is 2. The van der Waals surface area contributed by atoms with Gasteiger partial charge in [-0.3, -0.25) is 4.79 Å². The van der Waals surface area contributed by atoms with Crippen molar-refractivity contribution in [3.05, 3.63) is 35.4 Å². The lowest BCUT2D eigenvalue weighted by Crippen LogP contribution is -2.52. The lowest BCUT2D eigenvalue weighted by Gasteiger charge is -2.41. The zero-order valence-electron chi connectivity index (χ0n) is 13.4. The highest BCUT2D eigenvalue weighted by atomic mass is 35.5. The molecular weight excluding hydrogens is 284 g/mol. The third-order valence-electron chi connectivity index (χ3n) is 4.55. The first-order chi connectivity index (χ1) is 9.36. The van der Waals surface area contributed by atoms with Gasteiger partial charge in [0.25, 0.3) is 0 Å². The van der Waals surface area contributed by atoms with Crippen molar-refractivity contribution in [2.75, 3.05) is 6.54 Å². The molecule has 118 valence electrons. The predicted octanol–water partition coefficient (Wildman–Crippen LogP) is 3.10. The minimum Gasteiger partial charge on any atom is -0.336 e. The molecule has 0 bridgehead atoms. The molecule has 4 heteroatoms. The summed E-state index contributed by atoms with van der Waals surface area (Å²) in [6.07, 6.45) is 0.931. The molecule has 1 amide bonds. The normalized spacial score (nSPS) is 19.2. The molecule has 2 rings (SSSR count). The second kappa shape index (κ2) is 6.80. The molecule has 0 spiro atoms. The van der Waals surface area contributed by atoms with Gasteiger partial charge >= 0.3 is 0 Å². The number of nitrogens with zero attached hydrogens (tertiary/aromatic N) is 1. The van der Waals surface area contributed by atoms with Gasteiger partial charge in [-0.1, -0.05) is 58.4 Å². The smallest absolute Gasteiger partial charge is 0.240 e. The van der Waals surface area contributed by atoms with Gasteiger partial charge in [0.2, 0.25) is 5.91 Å². The molecule has 0 aliphatic carbocycles. The van der Waals surface area contributed by atoms with Crippen molar-refractivity contribution in [2.45, 2.75) is 52.1 Å². The van der Waals surface area contributed by atoms with Gasteiger partial charge in [0.15, 0.2) is 0 Å². The van der Waals surface area contributed by atoms with Crippen LogP contribution < -0.4 is 5.73 Å². The minimum absolute atomic E-state index is 0. The summed E-state index contributed by atoms with van der Waals surface area (Å²) in [7, 11) is 0. The van der Waals surface area contributed by atoms with E-state index in [-0.39, 0.29) is 35.7 Å². The number of fused-ring (bicyclic) bond motifs is 1. The molecule has 0 aromatic heterocycles. The number of amides is 1. The van der Waals surface area contributed by atoms with Gasteiger partial charge in [-0.15, -0.1) is 12.4 Å². The molecule has 0 saturated carbocycles. The third kappa shape index (κ3) is 3.58. The molecule has 21 heavy (non-hydrogen) atoms. The molecule has 0 radical (unpaired) electrons. The second-order valence-electron chi connectivity index (χ2n) is 6.65. The molecule has 0 saturated heterocycles. The standard InChI is InChI=1S/C17H26N2O.ClH/c1-5-12(2)15(18)16(20)19-10-13-8-6-7-9-14(13)17(3,4)11-19;/h6-9,12,15H,5,10-11,18H2,1-4H3;1H. The number of carbonyl (C=O) groups excluding carboxylic acids is 1. The van der Waals surface area contributed by atoms with Gasteiger partial charge in [0, 0.05) is 18.5 Å². The Bertz CT molecular complexity index is 501. The van der Waals surface area contributed by atoms with Crippen molar-refractivity contribution in [3.8, 4) is 0 Å². The molecule has 1 aromatic carbocycles. The summed E-state index contributed by atoms with van der Waals surface area (Å²) in [6, 6.07) is 8.01. The van der Waals surface area contributed by atoms with Crippen LogP contribution in [0.5, 0.6) is 0 Å². The maximum atomic E-state index is 12.6. The van der Waals surface area contributed by atoms with E-state index in [2.05, 4.69) is 39.0 Å². The number of hydrogen-bond donors (Lipinski definition) is 1. The van der Waals surface area contributed by atoms with Crippen LogP contribution in [0.25, 0.3) is 0 Å². The molecule has 1 heterocycles. The van der Waals surface area contributed by atoms with Crippen molar-refractivity contribution >= 4 is 18.3 Å². The maximum Gasteiger partial charge on any atom is 0.240 e. The highest BCUT2D eigenvalue weighted by Gasteiger charge is 2.35. The first-order valence-electron chi connectivity index (χ1n) is 7.49. The van der Waals surface area contributed by atoms with Gasteiger partial charge in [-0.25, -0.2) is 0 Å². The number of benzene rings is 1. The van der Waals surface area contributed by atoms with Crippen LogP contribution >= 0.6 is 12.4 Å². The van der Waals surface area contributed by atoms with Crippen molar-refractivity contribution in [1.29, 1.82) is 0 Å². The van der Waals surface area contributed by atoms with Crippen LogP contribution in [-0.2, 0) is 16.8 Å². The predicted molar refractivity (Wildman–Crippen MR) is 89.6 cm³/mol. The van der Waals surface area contributed by atoms with Crippen LogP contribution in [0.2, 0.25) is 0 Å². The van der Waals surface area contributed by atoms with E-state index in [1.54, 1.807) is 0 Å². The van der Waals surface area contributed by atoms with E-state index in [4.69, 9.17) is 5.73 Å². The van der Waals surface area contributed by atoms with Gasteiger partial charge in [-0.05, 0) is 17.0 Å². The summed E-state index contributed by atoms with van der Waals surface area (Å²) >= 11 is 0. The lowest BCUT2D eigenvalue weighted by molar-refractivity contribution is -0.135. The minimum atomic E-state index is -0.388. The Hall–Kier alpha value is -1.06. The molecule has 1 aliphatic heterocycles. The van der Waals surface area contributed by atoms with Crippen molar-refractivity contribution in [3.63, 3.8) is 0 Å². The van der Waals surface area contributed by atoms with E-state index in [0.717, 1.165) is 13.0 Å². The van der Waals surface area contributed by atoms with Crippen LogP contribution in [-0.4, -0.2) is 23.4 Å². The van der Waals surface area contributed by atoms with Gasteiger partial charge in [-0.2, -0.15) is 0 Å². The van der Waals surface area contributed by atoms with Crippen molar-refractivity contribution in [2.24, 2.45) is 11.7 Å². The quantitative estimate of drug-likeness (QED) is 0.932. The molecule has 2 N–H and O–H groups in total. The zero-order valence-corrected chi connectivity index (χ0v) is 14.2. The topological polar surface area (TPSA) is 46.3 Å². The summed E-state index contributed by atoms with van der Waals surface area (Å²) in [6.45, 7) is 9.94. The molecule has 1 aromatic rings. The summed E-state index contributed by atoms with van der Waals surface area (Å²) in [5.41, 5.74) is 8.70. The monoisotopic (exact) mass is 310 g/mol. The van der Waals surface area contributed by atoms with E-state index in [1.807, 2.05) is 17.9 Å². The van der Waals surface area contributed by atoms with E-state index in [0.29, 0.717) is 6.54 Å². The Morgan fingerprint density at radius 3 is 2.62 bits per heavy atom. The first kappa shape index (κ1) is 18.0. The largest absolute Gasteiger partial charge is 0.336 e. The maximum absolute atomic E-state index is 12.6. The average molecular weight is 311 g/mol. The number of halogens is 1. The number of nitrogens with two attached hydrogens (primary N) is 1. The van der Waals surface area contributed by atoms with Crippen LogP contribution in [0.3, 0.4) is 0 Å². The summed E-state index contributed by atoms with van der Waals surface area (Å²) in [5, 5.41) is 0. The van der Waals surface area contributed by atoms with Gasteiger partial charge < -0.3 is 10.6 Å². The Morgan fingerprint density at radius 2 is 2.00 bits per heavy atom. The SMILES string of the molecule is CCC(C)C(N)C(=O)N1Cc2ccccc2C(C)(C)C1.Cl. The molecule has 2 atom stereocenters. The fourth-order valence-corrected chi connectivity index (χ4v) is 3.01. The van der Waals surface area contributed by atoms with Crippen LogP contribution in [0.1, 0.15) is 45.2 Å². The van der Waals surface area contributed by atoms with E-state index in [9.17, 15) is 4.79 Å². The molecule has 3 nitrogen and oxygen atoms in total. The Kier molecular flexibility index (Phi) is 5.83. The number of rotatable bonds is 3. The zero-order chi connectivity index (χ0) is 14.9.